The number of hydrogen-bond acceptors (Lipinski definition) is 7. The first-order valence-corrected chi connectivity index (χ1v) is 10.7. The van der Waals surface area contributed by atoms with Crippen molar-refractivity contribution in [1.82, 2.24) is 14.9 Å². The Morgan fingerprint density at radius 2 is 1.71 bits per heavy atom. The fourth-order valence-electron chi connectivity index (χ4n) is 2.03. The van der Waals surface area contributed by atoms with Gasteiger partial charge < -0.3 is 4.42 Å². The average molecular weight is 373 g/mol. The summed E-state index contributed by atoms with van der Waals surface area (Å²) in [5.74, 6) is -0.562. The zero-order chi connectivity index (χ0) is 18.0. The van der Waals surface area contributed by atoms with E-state index < -0.39 is 31.1 Å². The van der Waals surface area contributed by atoms with Gasteiger partial charge >= 0.3 is 5.22 Å². The summed E-state index contributed by atoms with van der Waals surface area (Å²) in [5.41, 5.74) is 0.590. The molecule has 1 aromatic carbocycles. The molecular formula is C14H19N3O5S2. The lowest BCUT2D eigenvalue weighted by Gasteiger charge is -2.16. The van der Waals surface area contributed by atoms with Crippen LogP contribution in [-0.4, -0.2) is 33.3 Å². The third-order valence-corrected chi connectivity index (χ3v) is 5.25. The Bertz CT molecular complexity index is 890. The number of sulfonamides is 1. The largest absolute Gasteiger partial charge is 0.411 e. The lowest BCUT2D eigenvalue weighted by Crippen LogP contribution is -2.31. The van der Waals surface area contributed by atoms with Crippen LogP contribution in [0, 0.1) is 5.92 Å². The van der Waals surface area contributed by atoms with Gasteiger partial charge in [0.05, 0.1) is 12.0 Å². The predicted octanol–water partition coefficient (Wildman–Crippen LogP) is 1.29. The highest BCUT2D eigenvalue weighted by Gasteiger charge is 2.29. The first-order valence-electron chi connectivity index (χ1n) is 7.16. The lowest BCUT2D eigenvalue weighted by molar-refractivity contribution is 0.327. The molecule has 1 heterocycles. The number of aromatic nitrogens is 2. The van der Waals surface area contributed by atoms with Crippen molar-refractivity contribution in [1.29, 1.82) is 0 Å². The van der Waals surface area contributed by atoms with Crippen LogP contribution in [0.25, 0.3) is 0 Å². The molecule has 0 saturated carbocycles. The first-order chi connectivity index (χ1) is 11.1. The molecule has 0 fully saturated rings. The van der Waals surface area contributed by atoms with Crippen LogP contribution in [0.5, 0.6) is 0 Å². The molecule has 10 heteroatoms. The second-order valence-electron chi connectivity index (χ2n) is 5.76. The summed E-state index contributed by atoms with van der Waals surface area (Å²) in [6.07, 6.45) is 1.01. The highest BCUT2D eigenvalue weighted by Crippen LogP contribution is 2.24. The monoisotopic (exact) mass is 373 g/mol. The molecule has 2 rings (SSSR count). The van der Waals surface area contributed by atoms with Crippen LogP contribution in [0.4, 0.5) is 0 Å². The maximum absolute atomic E-state index is 12.4. The molecule has 1 aromatic heterocycles. The van der Waals surface area contributed by atoms with Gasteiger partial charge in [0, 0.05) is 0 Å². The number of benzene rings is 1. The molecule has 1 atom stereocenters. The smallest absolute Gasteiger partial charge is 0.335 e. The third kappa shape index (κ3) is 4.86. The summed E-state index contributed by atoms with van der Waals surface area (Å²) in [5, 5.41) is 6.76. The van der Waals surface area contributed by atoms with E-state index in [4.69, 9.17) is 4.42 Å². The molecule has 0 amide bonds. The third-order valence-electron chi connectivity index (χ3n) is 3.16. The van der Waals surface area contributed by atoms with Gasteiger partial charge in [-0.25, -0.2) is 21.6 Å². The zero-order valence-electron chi connectivity index (χ0n) is 13.5. The molecule has 0 aliphatic carbocycles. The molecule has 1 N–H and O–H groups in total. The lowest BCUT2D eigenvalue weighted by atomic mass is 10.1. The summed E-state index contributed by atoms with van der Waals surface area (Å²) >= 11 is 0. The molecule has 0 aliphatic heterocycles. The Morgan fingerprint density at radius 1 is 1.08 bits per heavy atom. The van der Waals surface area contributed by atoms with Crippen molar-refractivity contribution >= 4 is 19.9 Å². The Morgan fingerprint density at radius 3 is 2.25 bits per heavy atom. The number of nitrogens with zero attached hydrogens (tertiary/aromatic N) is 2. The minimum Gasteiger partial charge on any atom is -0.411 e. The van der Waals surface area contributed by atoms with Crippen molar-refractivity contribution in [3.05, 3.63) is 41.8 Å². The van der Waals surface area contributed by atoms with E-state index in [9.17, 15) is 16.8 Å². The summed E-state index contributed by atoms with van der Waals surface area (Å²) < 4.78 is 55.2. The molecule has 0 aliphatic rings. The minimum absolute atomic E-state index is 0.0814. The van der Waals surface area contributed by atoms with Crippen LogP contribution in [-0.2, 0) is 25.6 Å². The Kier molecular flexibility index (Phi) is 5.41. The molecule has 0 spiro atoms. The van der Waals surface area contributed by atoms with Crippen molar-refractivity contribution in [2.24, 2.45) is 5.92 Å². The maximum Gasteiger partial charge on any atom is 0.335 e. The fraction of sp³-hybridized carbons (Fsp3) is 0.429. The van der Waals surface area contributed by atoms with Crippen LogP contribution < -0.4 is 4.72 Å². The van der Waals surface area contributed by atoms with Crippen molar-refractivity contribution in [3.8, 4) is 0 Å². The molecule has 132 valence electrons. The van der Waals surface area contributed by atoms with Crippen molar-refractivity contribution in [2.45, 2.75) is 30.9 Å². The van der Waals surface area contributed by atoms with E-state index in [0.29, 0.717) is 5.56 Å². The number of hydrogen-bond donors (Lipinski definition) is 1. The molecular weight excluding hydrogens is 354 g/mol. The number of sulfone groups is 1. The highest BCUT2D eigenvalue weighted by molar-refractivity contribution is 7.90. The summed E-state index contributed by atoms with van der Waals surface area (Å²) in [7, 11) is -7.33. The van der Waals surface area contributed by atoms with Crippen LogP contribution in [0.15, 0.2) is 40.0 Å². The Labute approximate surface area is 141 Å². The Hall–Kier alpha value is -1.78. The van der Waals surface area contributed by atoms with Gasteiger partial charge in [-0.2, -0.15) is 0 Å². The fourth-order valence-corrected chi connectivity index (χ4v) is 4.00. The van der Waals surface area contributed by atoms with Crippen molar-refractivity contribution in [2.75, 3.05) is 6.26 Å². The van der Waals surface area contributed by atoms with Crippen LogP contribution >= 0.6 is 0 Å². The Balaban J connectivity index is 2.28. The first kappa shape index (κ1) is 18.6. The quantitative estimate of drug-likeness (QED) is 0.776. The molecule has 0 bridgehead atoms. The van der Waals surface area contributed by atoms with E-state index in [2.05, 4.69) is 14.9 Å². The topological polar surface area (TPSA) is 119 Å². The molecule has 0 saturated heterocycles. The average Bonchev–Trinajstić information content (AvgIpc) is 2.94. The second kappa shape index (κ2) is 6.99. The van der Waals surface area contributed by atoms with E-state index in [-0.39, 0.29) is 17.6 Å². The summed E-state index contributed by atoms with van der Waals surface area (Å²) in [4.78, 5) is 0. The van der Waals surface area contributed by atoms with E-state index in [1.807, 2.05) is 0 Å². The molecule has 0 unspecified atom stereocenters. The maximum atomic E-state index is 12.4. The standard InChI is InChI=1S/C14H19N3O5S2/c1-10(2)12(17-23(3,18)19)13-15-16-14(22-13)24(20,21)9-11-7-5-4-6-8-11/h4-8,10,12,17H,9H2,1-3H3/t12-/m0/s1. The van der Waals surface area contributed by atoms with Crippen LogP contribution in [0.2, 0.25) is 0 Å². The van der Waals surface area contributed by atoms with E-state index in [0.717, 1.165) is 6.26 Å². The molecule has 2 aromatic rings. The molecule has 24 heavy (non-hydrogen) atoms. The van der Waals surface area contributed by atoms with Crippen LogP contribution in [0.3, 0.4) is 0 Å². The van der Waals surface area contributed by atoms with E-state index in [1.54, 1.807) is 44.2 Å². The molecule has 0 radical (unpaired) electrons. The van der Waals surface area contributed by atoms with E-state index in [1.165, 1.54) is 0 Å². The number of rotatable bonds is 7. The predicted molar refractivity (Wildman–Crippen MR) is 87.2 cm³/mol. The zero-order valence-corrected chi connectivity index (χ0v) is 15.1. The van der Waals surface area contributed by atoms with Gasteiger partial charge in [-0.3, -0.25) is 0 Å². The van der Waals surface area contributed by atoms with Gasteiger partial charge in [-0.05, 0) is 11.5 Å². The number of nitrogens with one attached hydrogen (secondary N) is 1. The SMILES string of the molecule is CC(C)[C@H](NS(C)(=O)=O)c1nnc(S(=O)(=O)Cc2ccccc2)o1. The van der Waals surface area contributed by atoms with Crippen LogP contribution in [0.1, 0.15) is 31.3 Å². The van der Waals surface area contributed by atoms with Gasteiger partial charge in [0.2, 0.25) is 25.8 Å². The summed E-state index contributed by atoms with van der Waals surface area (Å²) in [6, 6.07) is 7.80. The van der Waals surface area contributed by atoms with Gasteiger partial charge in [0.1, 0.15) is 6.04 Å². The van der Waals surface area contributed by atoms with Crippen molar-refractivity contribution in [3.63, 3.8) is 0 Å². The summed E-state index contributed by atoms with van der Waals surface area (Å²) in [6.45, 7) is 3.51. The second-order valence-corrected chi connectivity index (χ2v) is 9.41. The van der Waals surface area contributed by atoms with Gasteiger partial charge in [0.15, 0.2) is 0 Å². The van der Waals surface area contributed by atoms with Gasteiger partial charge in [-0.1, -0.05) is 49.3 Å². The van der Waals surface area contributed by atoms with Gasteiger partial charge in [-0.15, -0.1) is 5.10 Å². The normalized spacial score (nSPS) is 14.0. The van der Waals surface area contributed by atoms with Gasteiger partial charge in [0.25, 0.3) is 0 Å². The molecule has 8 nitrogen and oxygen atoms in total. The minimum atomic E-state index is -3.81. The van der Waals surface area contributed by atoms with Crippen molar-refractivity contribution < 1.29 is 21.3 Å². The highest BCUT2D eigenvalue weighted by atomic mass is 32.2. The van der Waals surface area contributed by atoms with E-state index >= 15 is 0 Å².